The molecule has 0 N–H and O–H groups in total. The molecule has 0 aromatic heterocycles. The Morgan fingerprint density at radius 2 is 1.36 bits per heavy atom. The van der Waals surface area contributed by atoms with Crippen LogP contribution in [0.5, 0.6) is 11.5 Å². The van der Waals surface area contributed by atoms with Gasteiger partial charge in [-0.3, -0.25) is 0 Å². The first-order chi connectivity index (χ1) is 21.5. The highest BCUT2D eigenvalue weighted by atomic mass is 35.5. The maximum Gasteiger partial charge on any atom is 0.138 e. The number of hydrogen-bond acceptors (Lipinski definition) is 5. The zero-order valence-corrected chi connectivity index (χ0v) is 26.8. The van der Waals surface area contributed by atoms with E-state index in [2.05, 4.69) is 56.3 Å². The summed E-state index contributed by atoms with van der Waals surface area (Å²) in [6, 6.07) is 32.8. The minimum atomic E-state index is -0.383. The van der Waals surface area contributed by atoms with E-state index in [0.717, 1.165) is 40.0 Å². The van der Waals surface area contributed by atoms with Gasteiger partial charge in [-0.15, -0.1) is 0 Å². The van der Waals surface area contributed by atoms with E-state index in [1.165, 1.54) is 0 Å². The fraction of sp³-hybridized carbons (Fsp3) is 0.368. The first kappa shape index (κ1) is 32.1. The van der Waals surface area contributed by atoms with Crippen LogP contribution < -0.4 is 9.47 Å². The molecular formula is C38H43ClO5. The molecule has 5 nitrogen and oxygen atoms in total. The molecule has 232 valence electrons. The third kappa shape index (κ3) is 7.83. The minimum absolute atomic E-state index is 0.00594. The van der Waals surface area contributed by atoms with Gasteiger partial charge in [0.25, 0.3) is 0 Å². The van der Waals surface area contributed by atoms with Gasteiger partial charge in [-0.05, 0) is 65.8 Å². The molecule has 1 aliphatic rings. The predicted molar refractivity (Wildman–Crippen MR) is 176 cm³/mol. The van der Waals surface area contributed by atoms with Crippen molar-refractivity contribution in [3.63, 3.8) is 0 Å². The molecule has 0 spiro atoms. The molecule has 5 atom stereocenters. The molecule has 0 amide bonds. The molecule has 4 aromatic rings. The van der Waals surface area contributed by atoms with Crippen molar-refractivity contribution in [2.45, 2.75) is 71.2 Å². The van der Waals surface area contributed by atoms with Crippen LogP contribution >= 0.6 is 11.6 Å². The lowest BCUT2D eigenvalue weighted by molar-refractivity contribution is -0.234. The zero-order chi connectivity index (χ0) is 30.9. The average molecular weight is 615 g/mol. The van der Waals surface area contributed by atoms with Gasteiger partial charge >= 0.3 is 0 Å². The fourth-order valence-corrected chi connectivity index (χ4v) is 6.23. The molecule has 0 aliphatic carbocycles. The number of rotatable bonds is 13. The van der Waals surface area contributed by atoms with Gasteiger partial charge in [-0.25, -0.2) is 0 Å². The Bertz CT molecular complexity index is 1440. The van der Waals surface area contributed by atoms with Gasteiger partial charge in [0, 0.05) is 5.92 Å². The second-order valence-corrected chi connectivity index (χ2v) is 11.7. The summed E-state index contributed by atoms with van der Waals surface area (Å²) >= 11 is 6.91. The van der Waals surface area contributed by atoms with E-state index in [0.29, 0.717) is 37.0 Å². The van der Waals surface area contributed by atoms with Crippen molar-refractivity contribution >= 4 is 11.6 Å². The normalized spacial score (nSPS) is 21.6. The first-order valence-electron chi connectivity index (χ1n) is 15.5. The van der Waals surface area contributed by atoms with Crippen molar-refractivity contribution in [3.05, 3.63) is 130 Å². The van der Waals surface area contributed by atoms with Crippen LogP contribution in [0, 0.1) is 5.92 Å². The first-order valence-corrected chi connectivity index (χ1v) is 15.9. The summed E-state index contributed by atoms with van der Waals surface area (Å²) in [6.45, 7) is 7.93. The van der Waals surface area contributed by atoms with E-state index in [9.17, 15) is 0 Å². The minimum Gasteiger partial charge on any atom is -0.495 e. The molecule has 5 rings (SSSR count). The van der Waals surface area contributed by atoms with E-state index >= 15 is 0 Å². The SMILES string of the molecule is CCOc1ccc(Cc2cc([C@@H]3O[C@H](CC)[C@@H](C)[C@H](OCc4ccccc4)[C@H]3OCc3ccccc3)cc(OC)c2Cl)cc1. The Balaban J connectivity index is 1.50. The number of hydrogen-bond donors (Lipinski definition) is 0. The quantitative estimate of drug-likeness (QED) is 0.150. The molecule has 0 saturated carbocycles. The smallest absolute Gasteiger partial charge is 0.138 e. The standard InChI is InChI=1S/C38H43ClO5/c1-5-33-26(3)36(42-24-28-13-9-7-10-14-28)38(43-25-29-15-11-8-12-16-29)37(44-33)31-22-30(35(39)34(23-31)40-4)21-27-17-19-32(20-18-27)41-6-2/h7-20,22-23,26,33,36-38H,5-6,21,24-25H2,1-4H3/t26-,33-,36+,37+,38-/m1/s1. The third-order valence-corrected chi connectivity index (χ3v) is 8.76. The van der Waals surface area contributed by atoms with Crippen LogP contribution in [0.15, 0.2) is 97.1 Å². The summed E-state index contributed by atoms with van der Waals surface area (Å²) < 4.78 is 31.8. The monoisotopic (exact) mass is 614 g/mol. The van der Waals surface area contributed by atoms with Crippen LogP contribution in [0.2, 0.25) is 5.02 Å². The molecule has 6 heteroatoms. The van der Waals surface area contributed by atoms with E-state index in [4.69, 9.17) is 35.3 Å². The predicted octanol–water partition coefficient (Wildman–Crippen LogP) is 8.99. The van der Waals surface area contributed by atoms with Crippen LogP contribution in [0.4, 0.5) is 0 Å². The van der Waals surface area contributed by atoms with Crippen molar-refractivity contribution in [2.75, 3.05) is 13.7 Å². The Labute approximate surface area is 267 Å². The summed E-state index contributed by atoms with van der Waals surface area (Å²) in [4.78, 5) is 0. The number of ether oxygens (including phenoxy) is 5. The molecule has 0 bridgehead atoms. The highest BCUT2D eigenvalue weighted by Gasteiger charge is 2.45. The molecular weight excluding hydrogens is 572 g/mol. The van der Waals surface area contributed by atoms with Crippen molar-refractivity contribution in [2.24, 2.45) is 5.92 Å². The lowest BCUT2D eigenvalue weighted by atomic mass is 9.83. The highest BCUT2D eigenvalue weighted by Crippen LogP contribution is 2.43. The van der Waals surface area contributed by atoms with Crippen LogP contribution in [0.3, 0.4) is 0 Å². The van der Waals surface area contributed by atoms with Crippen molar-refractivity contribution < 1.29 is 23.7 Å². The molecule has 44 heavy (non-hydrogen) atoms. The molecule has 1 fully saturated rings. The van der Waals surface area contributed by atoms with E-state index in [1.54, 1.807) is 7.11 Å². The van der Waals surface area contributed by atoms with Gasteiger partial charge in [-0.1, -0.05) is 104 Å². The molecule has 1 heterocycles. The summed E-state index contributed by atoms with van der Waals surface area (Å²) in [5.41, 5.74) is 5.28. The van der Waals surface area contributed by atoms with Crippen LogP contribution in [0.1, 0.15) is 61.1 Å². The molecule has 1 saturated heterocycles. The molecule has 4 aromatic carbocycles. The van der Waals surface area contributed by atoms with Crippen molar-refractivity contribution in [1.29, 1.82) is 0 Å². The van der Waals surface area contributed by atoms with Crippen molar-refractivity contribution in [1.82, 2.24) is 0 Å². The summed E-state index contributed by atoms with van der Waals surface area (Å²) in [7, 11) is 1.65. The van der Waals surface area contributed by atoms with Gasteiger partial charge in [0.2, 0.25) is 0 Å². The second kappa shape index (κ2) is 15.6. The van der Waals surface area contributed by atoms with Crippen molar-refractivity contribution in [3.8, 4) is 11.5 Å². The van der Waals surface area contributed by atoms with E-state index < -0.39 is 0 Å². The van der Waals surface area contributed by atoms with Gasteiger partial charge in [0.05, 0.1) is 44.2 Å². The topological polar surface area (TPSA) is 46.2 Å². The lowest BCUT2D eigenvalue weighted by Gasteiger charge is -2.46. The van der Waals surface area contributed by atoms with Gasteiger partial charge < -0.3 is 23.7 Å². The molecule has 1 aliphatic heterocycles. The summed E-state index contributed by atoms with van der Waals surface area (Å²) in [6.07, 6.45) is 0.552. The second-order valence-electron chi connectivity index (χ2n) is 11.3. The van der Waals surface area contributed by atoms with Crippen LogP contribution in [-0.2, 0) is 33.8 Å². The average Bonchev–Trinajstić information content (AvgIpc) is 3.06. The summed E-state index contributed by atoms with van der Waals surface area (Å²) in [5.74, 6) is 1.59. The molecule has 0 radical (unpaired) electrons. The fourth-order valence-electron chi connectivity index (χ4n) is 5.98. The molecule has 0 unspecified atom stereocenters. The maximum atomic E-state index is 6.91. The number of benzene rings is 4. The van der Waals surface area contributed by atoms with E-state index in [-0.39, 0.29) is 30.3 Å². The van der Waals surface area contributed by atoms with Gasteiger partial charge in [0.1, 0.15) is 23.7 Å². The maximum absolute atomic E-state index is 6.91. The Morgan fingerprint density at radius 3 is 1.93 bits per heavy atom. The number of halogens is 1. The van der Waals surface area contributed by atoms with Gasteiger partial charge in [-0.2, -0.15) is 0 Å². The Hall–Kier alpha value is -3.35. The number of methoxy groups -OCH3 is 1. The Kier molecular flexibility index (Phi) is 11.4. The van der Waals surface area contributed by atoms with Crippen LogP contribution in [0.25, 0.3) is 0 Å². The van der Waals surface area contributed by atoms with Gasteiger partial charge in [0.15, 0.2) is 0 Å². The lowest BCUT2D eigenvalue weighted by Crippen LogP contribution is -2.51. The summed E-state index contributed by atoms with van der Waals surface area (Å²) in [5, 5.41) is 0.597. The highest BCUT2D eigenvalue weighted by molar-refractivity contribution is 6.32. The Morgan fingerprint density at radius 1 is 0.750 bits per heavy atom. The zero-order valence-electron chi connectivity index (χ0n) is 26.1. The van der Waals surface area contributed by atoms with E-state index in [1.807, 2.05) is 61.5 Å². The largest absolute Gasteiger partial charge is 0.495 e. The van der Waals surface area contributed by atoms with Crippen LogP contribution in [-0.4, -0.2) is 32.0 Å². The third-order valence-electron chi connectivity index (χ3n) is 8.34.